The molecule has 3 nitrogen and oxygen atoms in total. The summed E-state index contributed by atoms with van der Waals surface area (Å²) >= 11 is 7.05. The number of rotatable bonds is 5. The van der Waals surface area contributed by atoms with Crippen LogP contribution in [0.15, 0.2) is 30.2 Å². The summed E-state index contributed by atoms with van der Waals surface area (Å²) in [6.45, 7) is -2.83. The number of halogens is 2. The Hall–Kier alpha value is -1.08. The molecule has 0 saturated heterocycles. The zero-order valence-corrected chi connectivity index (χ0v) is 9.63. The van der Waals surface area contributed by atoms with Gasteiger partial charge in [0.1, 0.15) is 5.75 Å². The van der Waals surface area contributed by atoms with Gasteiger partial charge in [0, 0.05) is 31.9 Å². The van der Waals surface area contributed by atoms with Gasteiger partial charge < -0.3 is 13.1 Å². The summed E-state index contributed by atoms with van der Waals surface area (Å²) in [6.07, 6.45) is 1.48. The Balaban J connectivity index is 2.74. The quantitative estimate of drug-likeness (QED) is 0.486. The van der Waals surface area contributed by atoms with Gasteiger partial charge in [0.25, 0.3) is 0 Å². The minimum atomic E-state index is -2.83. The van der Waals surface area contributed by atoms with Crippen molar-refractivity contribution in [2.45, 2.75) is 6.61 Å². The maximum atomic E-state index is 11.8. The normalized spacial score (nSPS) is 9.81. The largest absolute Gasteiger partial charge is 0.435 e. The third kappa shape index (κ3) is 4.19. The predicted molar refractivity (Wildman–Crippen MR) is 61.2 cm³/mol. The van der Waals surface area contributed by atoms with Gasteiger partial charge in [-0.15, -0.1) is 0 Å². The minimum Gasteiger partial charge on any atom is -0.435 e. The van der Waals surface area contributed by atoms with Crippen LogP contribution >= 0.6 is 25.8 Å². The molecule has 1 rings (SSSR count). The highest BCUT2D eigenvalue weighted by Gasteiger charge is 2.03. The number of hydrogen-bond donors (Lipinski definition) is 2. The second-order valence-corrected chi connectivity index (χ2v) is 2.96. The first kappa shape index (κ1) is 13.0. The number of ether oxygens (including phenoxy) is 1. The summed E-state index contributed by atoms with van der Waals surface area (Å²) in [7, 11) is 0. The van der Waals surface area contributed by atoms with E-state index in [-0.39, 0.29) is 11.7 Å². The van der Waals surface area contributed by atoms with Crippen LogP contribution in [-0.2, 0) is 8.37 Å². The molecule has 0 N–H and O–H groups in total. The molecule has 0 aliphatic carbocycles. The molecule has 0 radical (unpaired) electrons. The first-order chi connectivity index (χ1) is 7.65. The zero-order chi connectivity index (χ0) is 12.0. The third-order valence-corrected chi connectivity index (χ3v) is 1.93. The lowest BCUT2D eigenvalue weighted by Gasteiger charge is -2.04. The summed E-state index contributed by atoms with van der Waals surface area (Å²) < 4.78 is 36.9. The second kappa shape index (κ2) is 6.49. The molecule has 0 heterocycles. The average molecular weight is 266 g/mol. The van der Waals surface area contributed by atoms with Crippen molar-refractivity contribution in [3.63, 3.8) is 0 Å². The first-order valence-electron chi connectivity index (χ1n) is 4.05. The van der Waals surface area contributed by atoms with Crippen LogP contribution < -0.4 is 4.74 Å². The molecular weight excluding hydrogens is 258 g/mol. The molecule has 7 heteroatoms. The van der Waals surface area contributed by atoms with Gasteiger partial charge in [-0.25, -0.2) is 0 Å². The maximum absolute atomic E-state index is 11.8. The molecule has 0 bridgehead atoms. The summed E-state index contributed by atoms with van der Waals surface area (Å²) in [4.78, 5) is 0. The van der Waals surface area contributed by atoms with E-state index in [0.717, 1.165) is 0 Å². The number of thiol groups is 2. The van der Waals surface area contributed by atoms with Gasteiger partial charge in [0.05, 0.1) is 0 Å². The molecule has 0 aliphatic heterocycles. The fourth-order valence-electron chi connectivity index (χ4n) is 0.951. The molecule has 0 aromatic heterocycles. The van der Waals surface area contributed by atoms with Crippen LogP contribution in [0.2, 0.25) is 0 Å². The molecular formula is C9H8F2O3S2. The van der Waals surface area contributed by atoms with Crippen molar-refractivity contribution in [2.24, 2.45) is 0 Å². The van der Waals surface area contributed by atoms with Crippen LogP contribution in [0, 0.1) is 0 Å². The van der Waals surface area contributed by atoms with Crippen molar-refractivity contribution in [3.8, 4) is 5.75 Å². The zero-order valence-electron chi connectivity index (χ0n) is 7.84. The standard InChI is InChI=1S/C9H8F2O3S2/c10-9(11)12-7-3-1-6(2-4-7)5-8(13-15)14-16/h1-5,9,15-16H. The highest BCUT2D eigenvalue weighted by Crippen LogP contribution is 2.17. The van der Waals surface area contributed by atoms with Crippen molar-refractivity contribution in [1.82, 2.24) is 0 Å². The molecule has 1 aromatic rings. The van der Waals surface area contributed by atoms with E-state index in [1.165, 1.54) is 18.2 Å². The van der Waals surface area contributed by atoms with E-state index < -0.39 is 6.61 Å². The van der Waals surface area contributed by atoms with Gasteiger partial charge in [-0.3, -0.25) is 0 Å². The number of alkyl halides is 2. The molecule has 0 fully saturated rings. The van der Waals surface area contributed by atoms with E-state index in [1.54, 1.807) is 12.1 Å². The molecule has 0 saturated carbocycles. The Morgan fingerprint density at radius 1 is 1.12 bits per heavy atom. The van der Waals surface area contributed by atoms with Crippen molar-refractivity contribution < 1.29 is 21.9 Å². The van der Waals surface area contributed by atoms with E-state index in [0.29, 0.717) is 5.56 Å². The lowest BCUT2D eigenvalue weighted by atomic mass is 10.2. The highest BCUT2D eigenvalue weighted by atomic mass is 32.1. The van der Waals surface area contributed by atoms with Gasteiger partial charge in [0.15, 0.2) is 0 Å². The Morgan fingerprint density at radius 2 is 1.69 bits per heavy atom. The topological polar surface area (TPSA) is 27.7 Å². The average Bonchev–Trinajstić information content (AvgIpc) is 2.27. The van der Waals surface area contributed by atoms with Crippen LogP contribution in [0.3, 0.4) is 0 Å². The fraction of sp³-hybridized carbons (Fsp3) is 0.111. The monoisotopic (exact) mass is 266 g/mol. The summed E-state index contributed by atoms with van der Waals surface area (Å²) in [5.74, 6) is 0.140. The van der Waals surface area contributed by atoms with E-state index in [9.17, 15) is 8.78 Å². The molecule has 0 amide bonds. The molecule has 0 atom stereocenters. The van der Waals surface area contributed by atoms with Crippen molar-refractivity contribution in [3.05, 3.63) is 35.8 Å². The molecule has 1 aromatic carbocycles. The Labute approximate surface area is 102 Å². The Kier molecular flexibility index (Phi) is 5.27. The second-order valence-electron chi connectivity index (χ2n) is 2.59. The molecule has 0 unspecified atom stereocenters. The summed E-state index contributed by atoms with van der Waals surface area (Å²) in [5, 5.41) is 0. The lowest BCUT2D eigenvalue weighted by Crippen LogP contribution is -2.01. The van der Waals surface area contributed by atoms with E-state index in [1.807, 2.05) is 0 Å². The number of hydrogen-bond acceptors (Lipinski definition) is 5. The fourth-order valence-corrected chi connectivity index (χ4v) is 1.19. The van der Waals surface area contributed by atoms with Crippen LogP contribution in [0.4, 0.5) is 8.78 Å². The first-order valence-corrected chi connectivity index (χ1v) is 4.78. The molecule has 88 valence electrons. The minimum absolute atomic E-state index is 0.0641. The van der Waals surface area contributed by atoms with Crippen LogP contribution in [-0.4, -0.2) is 6.61 Å². The maximum Gasteiger partial charge on any atom is 0.387 e. The number of benzene rings is 1. The third-order valence-electron chi connectivity index (χ3n) is 1.57. The van der Waals surface area contributed by atoms with Gasteiger partial charge in [-0.1, -0.05) is 12.1 Å². The molecule has 0 spiro atoms. The summed E-state index contributed by atoms with van der Waals surface area (Å²) in [6, 6.07) is 5.90. The Bertz CT molecular complexity index is 348. The van der Waals surface area contributed by atoms with Gasteiger partial charge >= 0.3 is 12.6 Å². The van der Waals surface area contributed by atoms with Gasteiger partial charge in [-0.2, -0.15) is 8.78 Å². The van der Waals surface area contributed by atoms with Crippen LogP contribution in [0.25, 0.3) is 6.08 Å². The molecule has 0 aliphatic rings. The predicted octanol–water partition coefficient (Wildman–Crippen LogP) is 3.31. The molecule has 16 heavy (non-hydrogen) atoms. The van der Waals surface area contributed by atoms with E-state index >= 15 is 0 Å². The van der Waals surface area contributed by atoms with Gasteiger partial charge in [-0.05, 0) is 17.7 Å². The summed E-state index contributed by atoms with van der Waals surface area (Å²) in [5.41, 5.74) is 0.666. The van der Waals surface area contributed by atoms with Crippen LogP contribution in [0.5, 0.6) is 5.75 Å². The SMILES string of the molecule is FC(F)Oc1ccc(C=C(OS)OS)cc1. The van der Waals surface area contributed by atoms with Crippen LogP contribution in [0.1, 0.15) is 5.56 Å². The van der Waals surface area contributed by atoms with Gasteiger partial charge in [0.2, 0.25) is 0 Å². The smallest absolute Gasteiger partial charge is 0.387 e. The lowest BCUT2D eigenvalue weighted by molar-refractivity contribution is -0.0498. The van der Waals surface area contributed by atoms with Crippen molar-refractivity contribution in [2.75, 3.05) is 0 Å². The van der Waals surface area contributed by atoms with Crippen molar-refractivity contribution in [1.29, 1.82) is 0 Å². The highest BCUT2D eigenvalue weighted by molar-refractivity contribution is 7.75. The van der Waals surface area contributed by atoms with E-state index in [2.05, 4.69) is 38.9 Å². The van der Waals surface area contributed by atoms with Crippen molar-refractivity contribution >= 4 is 31.9 Å². The Morgan fingerprint density at radius 3 is 2.12 bits per heavy atom. The van der Waals surface area contributed by atoms with E-state index in [4.69, 9.17) is 0 Å².